The first kappa shape index (κ1) is 15.6. The van der Waals surface area contributed by atoms with E-state index in [-0.39, 0.29) is 11.8 Å². The van der Waals surface area contributed by atoms with Crippen LogP contribution in [0.3, 0.4) is 0 Å². The Bertz CT molecular complexity index is 454. The lowest BCUT2D eigenvalue weighted by Crippen LogP contribution is -2.30. The Balaban J connectivity index is 2.25. The average Bonchev–Trinajstić information content (AvgIpc) is 2.46. The lowest BCUT2D eigenvalue weighted by molar-refractivity contribution is -0.124. The second kappa shape index (κ2) is 8.60. The number of hydrogen-bond donors (Lipinski definition) is 1. The van der Waals surface area contributed by atoms with Crippen LogP contribution in [0.4, 0.5) is 0 Å². The van der Waals surface area contributed by atoms with Gasteiger partial charge in [-0.05, 0) is 18.1 Å². The minimum Gasteiger partial charge on any atom is -0.355 e. The molecule has 4 heteroatoms. The van der Waals surface area contributed by atoms with Crippen molar-refractivity contribution in [3.05, 3.63) is 35.4 Å². The van der Waals surface area contributed by atoms with E-state index in [4.69, 9.17) is 5.26 Å². The largest absolute Gasteiger partial charge is 0.355 e. The maximum absolute atomic E-state index is 11.5. The van der Waals surface area contributed by atoms with Gasteiger partial charge in [0.05, 0.1) is 11.6 Å². The number of nitrogens with zero attached hydrogens (tertiary/aromatic N) is 1. The van der Waals surface area contributed by atoms with Crippen molar-refractivity contribution < 1.29 is 4.79 Å². The summed E-state index contributed by atoms with van der Waals surface area (Å²) in [6.45, 7) is 4.63. The third-order valence-corrected chi connectivity index (χ3v) is 4.01. The zero-order valence-corrected chi connectivity index (χ0v) is 12.3. The van der Waals surface area contributed by atoms with Gasteiger partial charge in [-0.2, -0.15) is 17.0 Å². The molecule has 0 aliphatic heterocycles. The Morgan fingerprint density at radius 1 is 1.47 bits per heavy atom. The van der Waals surface area contributed by atoms with Crippen LogP contribution in [0, 0.1) is 17.2 Å². The van der Waals surface area contributed by atoms with E-state index < -0.39 is 0 Å². The molecule has 19 heavy (non-hydrogen) atoms. The van der Waals surface area contributed by atoms with Crippen molar-refractivity contribution in [1.29, 1.82) is 5.26 Å². The van der Waals surface area contributed by atoms with Crippen LogP contribution in [0.15, 0.2) is 24.3 Å². The van der Waals surface area contributed by atoms with Gasteiger partial charge >= 0.3 is 0 Å². The van der Waals surface area contributed by atoms with Gasteiger partial charge in [0, 0.05) is 24.0 Å². The molecular weight excluding hydrogens is 256 g/mol. The summed E-state index contributed by atoms with van der Waals surface area (Å²) in [5, 5.41) is 11.9. The molecule has 1 aromatic rings. The molecule has 0 radical (unpaired) electrons. The monoisotopic (exact) mass is 276 g/mol. The van der Waals surface area contributed by atoms with Gasteiger partial charge in [-0.25, -0.2) is 0 Å². The predicted octanol–water partition coefficient (Wildman–Crippen LogP) is 2.95. The summed E-state index contributed by atoms with van der Waals surface area (Å²) in [6.07, 6.45) is 0.870. The van der Waals surface area contributed by atoms with Gasteiger partial charge in [0.1, 0.15) is 0 Å². The molecule has 0 saturated carbocycles. The normalized spacial score (nSPS) is 11.6. The van der Waals surface area contributed by atoms with Gasteiger partial charge in [-0.3, -0.25) is 4.79 Å². The number of carbonyl (C=O) groups is 1. The number of benzene rings is 1. The van der Waals surface area contributed by atoms with Gasteiger partial charge in [0.2, 0.25) is 5.91 Å². The van der Waals surface area contributed by atoms with Gasteiger partial charge in [0.15, 0.2) is 0 Å². The smallest absolute Gasteiger partial charge is 0.222 e. The molecule has 0 fully saturated rings. The minimum absolute atomic E-state index is 0.0873. The first-order valence-corrected chi connectivity index (χ1v) is 7.68. The number of nitrogens with one attached hydrogen (secondary N) is 1. The molecule has 1 unspecified atom stereocenters. The van der Waals surface area contributed by atoms with Crippen LogP contribution in [0.25, 0.3) is 0 Å². The number of amides is 1. The molecule has 1 atom stereocenters. The molecule has 0 aliphatic rings. The van der Waals surface area contributed by atoms with Crippen LogP contribution in [0.2, 0.25) is 0 Å². The zero-order valence-electron chi connectivity index (χ0n) is 11.5. The summed E-state index contributed by atoms with van der Waals surface area (Å²) < 4.78 is 0. The first-order valence-electron chi connectivity index (χ1n) is 6.52. The molecule has 102 valence electrons. The quantitative estimate of drug-likeness (QED) is 0.779. The van der Waals surface area contributed by atoms with Gasteiger partial charge < -0.3 is 5.32 Å². The molecule has 1 N–H and O–H groups in total. The maximum Gasteiger partial charge on any atom is 0.222 e. The van der Waals surface area contributed by atoms with Gasteiger partial charge in [-0.15, -0.1) is 0 Å². The van der Waals surface area contributed by atoms with E-state index in [0.717, 1.165) is 29.1 Å². The number of hydrogen-bond acceptors (Lipinski definition) is 3. The highest BCUT2D eigenvalue weighted by molar-refractivity contribution is 7.98. The highest BCUT2D eigenvalue weighted by Crippen LogP contribution is 2.15. The molecule has 3 nitrogen and oxygen atoms in total. The van der Waals surface area contributed by atoms with E-state index in [1.54, 1.807) is 11.8 Å². The van der Waals surface area contributed by atoms with E-state index in [1.165, 1.54) is 0 Å². The SMILES string of the molecule is CCC(C)C(=O)NCCSCc1ccccc1C#N. The van der Waals surface area contributed by atoms with Crippen LogP contribution in [-0.2, 0) is 10.5 Å². The molecule has 1 rings (SSSR count). The fraction of sp³-hybridized carbons (Fsp3) is 0.467. The van der Waals surface area contributed by atoms with Crippen LogP contribution in [-0.4, -0.2) is 18.2 Å². The molecule has 1 aromatic carbocycles. The Morgan fingerprint density at radius 2 is 2.21 bits per heavy atom. The topological polar surface area (TPSA) is 52.9 Å². The van der Waals surface area contributed by atoms with Gasteiger partial charge in [-0.1, -0.05) is 32.0 Å². The average molecular weight is 276 g/mol. The van der Waals surface area contributed by atoms with Crippen LogP contribution >= 0.6 is 11.8 Å². The third kappa shape index (κ3) is 5.35. The predicted molar refractivity (Wildman–Crippen MR) is 79.8 cm³/mol. The molecular formula is C15H20N2OS. The van der Waals surface area contributed by atoms with E-state index in [0.29, 0.717) is 6.54 Å². The van der Waals surface area contributed by atoms with E-state index in [9.17, 15) is 4.79 Å². The molecule has 0 saturated heterocycles. The number of rotatable bonds is 7. The summed E-state index contributed by atoms with van der Waals surface area (Å²) in [7, 11) is 0. The molecule has 0 aromatic heterocycles. The molecule has 0 heterocycles. The van der Waals surface area contributed by atoms with E-state index in [1.807, 2.05) is 38.1 Å². The lowest BCUT2D eigenvalue weighted by Gasteiger charge is -2.09. The first-order chi connectivity index (χ1) is 9.19. The standard InChI is InChI=1S/C15H20N2OS/c1-3-12(2)15(18)17-8-9-19-11-14-7-5-4-6-13(14)10-16/h4-7,12H,3,8-9,11H2,1-2H3,(H,17,18). The Labute approximate surface area is 119 Å². The Morgan fingerprint density at radius 3 is 2.89 bits per heavy atom. The second-order valence-electron chi connectivity index (χ2n) is 4.42. The summed E-state index contributed by atoms with van der Waals surface area (Å²) in [5.74, 6) is 1.88. The number of nitriles is 1. The molecule has 1 amide bonds. The summed E-state index contributed by atoms with van der Waals surface area (Å²) in [6, 6.07) is 9.82. The number of thioether (sulfide) groups is 1. The highest BCUT2D eigenvalue weighted by Gasteiger charge is 2.08. The van der Waals surface area contributed by atoms with Crippen molar-refractivity contribution in [2.75, 3.05) is 12.3 Å². The number of carbonyl (C=O) groups excluding carboxylic acids is 1. The second-order valence-corrected chi connectivity index (χ2v) is 5.53. The van der Waals surface area contributed by atoms with Crippen molar-refractivity contribution >= 4 is 17.7 Å². The summed E-state index contributed by atoms with van der Waals surface area (Å²) >= 11 is 1.73. The molecule has 0 spiro atoms. The Kier molecular flexibility index (Phi) is 7.06. The molecule has 0 aliphatic carbocycles. The van der Waals surface area contributed by atoms with Crippen molar-refractivity contribution in [2.24, 2.45) is 5.92 Å². The van der Waals surface area contributed by atoms with Crippen molar-refractivity contribution in [2.45, 2.75) is 26.0 Å². The zero-order chi connectivity index (χ0) is 14.1. The fourth-order valence-corrected chi connectivity index (χ4v) is 2.41. The van der Waals surface area contributed by atoms with Crippen LogP contribution < -0.4 is 5.32 Å². The van der Waals surface area contributed by atoms with Gasteiger partial charge in [0.25, 0.3) is 0 Å². The lowest BCUT2D eigenvalue weighted by atomic mass is 10.1. The maximum atomic E-state index is 11.5. The Hall–Kier alpha value is -1.47. The van der Waals surface area contributed by atoms with Crippen molar-refractivity contribution in [3.8, 4) is 6.07 Å². The van der Waals surface area contributed by atoms with Crippen LogP contribution in [0.5, 0.6) is 0 Å². The van der Waals surface area contributed by atoms with Crippen molar-refractivity contribution in [3.63, 3.8) is 0 Å². The highest BCUT2D eigenvalue weighted by atomic mass is 32.2. The van der Waals surface area contributed by atoms with E-state index in [2.05, 4.69) is 11.4 Å². The third-order valence-electron chi connectivity index (χ3n) is 3.00. The minimum atomic E-state index is 0.0873. The summed E-state index contributed by atoms with van der Waals surface area (Å²) in [5.41, 5.74) is 1.79. The molecule has 0 bridgehead atoms. The fourth-order valence-electron chi connectivity index (χ4n) is 1.54. The van der Waals surface area contributed by atoms with E-state index >= 15 is 0 Å². The summed E-state index contributed by atoms with van der Waals surface area (Å²) in [4.78, 5) is 11.5. The van der Waals surface area contributed by atoms with Crippen molar-refractivity contribution in [1.82, 2.24) is 5.32 Å². The van der Waals surface area contributed by atoms with Crippen LogP contribution in [0.1, 0.15) is 31.4 Å².